The van der Waals surface area contributed by atoms with Crippen molar-refractivity contribution in [2.75, 3.05) is 6.26 Å². The Balaban J connectivity index is 2.08. The topological polar surface area (TPSA) is 46.2 Å². The summed E-state index contributed by atoms with van der Waals surface area (Å²) >= 11 is 0. The van der Waals surface area contributed by atoms with Crippen LogP contribution in [0.2, 0.25) is 0 Å². The van der Waals surface area contributed by atoms with Crippen LogP contribution >= 0.6 is 0 Å². The average molecular weight is 285 g/mol. The molecule has 1 aliphatic carbocycles. The second-order valence-corrected chi connectivity index (χ2v) is 7.61. The zero-order chi connectivity index (χ0) is 14.0. The first kappa shape index (κ1) is 14.5. The van der Waals surface area contributed by atoms with E-state index in [0.29, 0.717) is 6.42 Å². The van der Waals surface area contributed by atoms with E-state index < -0.39 is 9.84 Å². The molecule has 0 heterocycles. The van der Waals surface area contributed by atoms with Gasteiger partial charge in [0.25, 0.3) is 0 Å². The summed E-state index contributed by atoms with van der Waals surface area (Å²) in [4.78, 5) is 0. The van der Waals surface area contributed by atoms with Crippen LogP contribution < -0.4 is 5.32 Å². The molecule has 1 aromatic rings. The quantitative estimate of drug-likeness (QED) is 0.924. The van der Waals surface area contributed by atoms with Crippen molar-refractivity contribution in [1.82, 2.24) is 5.32 Å². The van der Waals surface area contributed by atoms with Gasteiger partial charge in [0.15, 0.2) is 9.84 Å². The van der Waals surface area contributed by atoms with E-state index in [1.807, 2.05) is 13.0 Å². The number of halogens is 1. The second kappa shape index (κ2) is 5.59. The maximum atomic E-state index is 13.2. The Morgan fingerprint density at radius 3 is 2.74 bits per heavy atom. The van der Waals surface area contributed by atoms with E-state index in [4.69, 9.17) is 0 Å². The predicted octanol–water partition coefficient (Wildman–Crippen LogP) is 2.44. The fourth-order valence-electron chi connectivity index (χ4n) is 2.82. The van der Waals surface area contributed by atoms with Gasteiger partial charge < -0.3 is 5.32 Å². The third-order valence-electron chi connectivity index (χ3n) is 3.82. The van der Waals surface area contributed by atoms with Gasteiger partial charge in [0.05, 0.1) is 5.25 Å². The van der Waals surface area contributed by atoms with Gasteiger partial charge in [-0.3, -0.25) is 0 Å². The first-order valence-corrected chi connectivity index (χ1v) is 8.54. The van der Waals surface area contributed by atoms with Crippen LogP contribution in [0.3, 0.4) is 0 Å². The molecule has 1 aromatic carbocycles. The summed E-state index contributed by atoms with van der Waals surface area (Å²) in [5, 5.41) is 3.02. The van der Waals surface area contributed by atoms with Crippen molar-refractivity contribution >= 4 is 9.84 Å². The lowest BCUT2D eigenvalue weighted by Crippen LogP contribution is -2.41. The molecule has 3 atom stereocenters. The molecular formula is C14H20FNO2S. The minimum absolute atomic E-state index is 0.0340. The molecule has 0 spiro atoms. The largest absolute Gasteiger partial charge is 0.306 e. The van der Waals surface area contributed by atoms with E-state index in [1.54, 1.807) is 6.07 Å². The van der Waals surface area contributed by atoms with Gasteiger partial charge in [0.2, 0.25) is 0 Å². The van der Waals surface area contributed by atoms with Gasteiger partial charge in [-0.15, -0.1) is 0 Å². The number of hydrogen-bond acceptors (Lipinski definition) is 3. The Morgan fingerprint density at radius 2 is 2.11 bits per heavy atom. The Kier molecular flexibility index (Phi) is 4.26. The lowest BCUT2D eigenvalue weighted by Gasteiger charge is -2.24. The van der Waals surface area contributed by atoms with E-state index in [1.165, 1.54) is 18.4 Å². The number of benzene rings is 1. The highest BCUT2D eigenvalue weighted by molar-refractivity contribution is 7.91. The van der Waals surface area contributed by atoms with E-state index in [-0.39, 0.29) is 23.2 Å². The van der Waals surface area contributed by atoms with Crippen molar-refractivity contribution in [3.63, 3.8) is 0 Å². The number of rotatable bonds is 4. The molecule has 2 rings (SSSR count). The standard InChI is InChI=1S/C14H20FNO2S/c1-10(11-5-3-6-12(15)9-11)16-13-7-4-8-14(13)19(2,17)18/h3,5-6,9-10,13-14,16H,4,7-8H2,1-2H3/t10-,13?,14?/m0/s1. The molecule has 0 saturated heterocycles. The van der Waals surface area contributed by atoms with Crippen molar-refractivity contribution in [2.45, 2.75) is 43.5 Å². The molecule has 0 bridgehead atoms. The van der Waals surface area contributed by atoms with Gasteiger partial charge in [-0.05, 0) is 37.5 Å². The van der Waals surface area contributed by atoms with Gasteiger partial charge in [-0.1, -0.05) is 18.6 Å². The molecular weight excluding hydrogens is 265 g/mol. The van der Waals surface area contributed by atoms with Crippen LogP contribution in [0.4, 0.5) is 4.39 Å². The van der Waals surface area contributed by atoms with Gasteiger partial charge >= 0.3 is 0 Å². The van der Waals surface area contributed by atoms with E-state index >= 15 is 0 Å². The molecule has 106 valence electrons. The lowest BCUT2D eigenvalue weighted by molar-refractivity contribution is 0.454. The molecule has 0 amide bonds. The SMILES string of the molecule is C[C@H](NC1CCCC1S(C)(=O)=O)c1cccc(F)c1. The molecule has 5 heteroatoms. The zero-order valence-electron chi connectivity index (χ0n) is 11.3. The van der Waals surface area contributed by atoms with Crippen molar-refractivity contribution in [1.29, 1.82) is 0 Å². The molecule has 0 aromatic heterocycles. The Morgan fingerprint density at radius 1 is 1.37 bits per heavy atom. The fourth-order valence-corrected chi connectivity index (χ4v) is 4.23. The van der Waals surface area contributed by atoms with E-state index in [0.717, 1.165) is 18.4 Å². The van der Waals surface area contributed by atoms with Gasteiger partial charge in [-0.25, -0.2) is 12.8 Å². The molecule has 3 nitrogen and oxygen atoms in total. The molecule has 19 heavy (non-hydrogen) atoms. The second-order valence-electron chi connectivity index (χ2n) is 5.35. The molecule has 1 fully saturated rings. The highest BCUT2D eigenvalue weighted by atomic mass is 32.2. The van der Waals surface area contributed by atoms with Crippen LogP contribution in [-0.4, -0.2) is 26.0 Å². The van der Waals surface area contributed by atoms with Crippen molar-refractivity contribution < 1.29 is 12.8 Å². The fraction of sp³-hybridized carbons (Fsp3) is 0.571. The normalized spacial score (nSPS) is 25.4. The Labute approximate surface area is 114 Å². The van der Waals surface area contributed by atoms with Gasteiger partial charge in [0.1, 0.15) is 5.82 Å². The summed E-state index contributed by atoms with van der Waals surface area (Å²) in [6.45, 7) is 1.94. The average Bonchev–Trinajstić information content (AvgIpc) is 2.77. The van der Waals surface area contributed by atoms with Crippen LogP contribution in [0, 0.1) is 5.82 Å². The molecule has 1 aliphatic rings. The van der Waals surface area contributed by atoms with Crippen LogP contribution in [0.5, 0.6) is 0 Å². The Bertz CT molecular complexity index is 544. The zero-order valence-corrected chi connectivity index (χ0v) is 12.1. The van der Waals surface area contributed by atoms with E-state index in [9.17, 15) is 12.8 Å². The van der Waals surface area contributed by atoms with Crippen molar-refractivity contribution in [2.24, 2.45) is 0 Å². The van der Waals surface area contributed by atoms with Crippen molar-refractivity contribution in [3.8, 4) is 0 Å². The first-order chi connectivity index (χ1) is 8.88. The molecule has 1 N–H and O–H groups in total. The minimum atomic E-state index is -3.02. The third kappa shape index (κ3) is 3.54. The monoisotopic (exact) mass is 285 g/mol. The molecule has 0 aliphatic heterocycles. The van der Waals surface area contributed by atoms with Crippen molar-refractivity contribution in [3.05, 3.63) is 35.6 Å². The number of sulfone groups is 1. The molecule has 1 saturated carbocycles. The third-order valence-corrected chi connectivity index (χ3v) is 5.48. The minimum Gasteiger partial charge on any atom is -0.306 e. The number of nitrogens with one attached hydrogen (secondary N) is 1. The van der Waals surface area contributed by atoms with Crippen LogP contribution in [-0.2, 0) is 9.84 Å². The summed E-state index contributed by atoms with van der Waals surface area (Å²) in [6.07, 6.45) is 3.79. The van der Waals surface area contributed by atoms with Crippen LogP contribution in [0.25, 0.3) is 0 Å². The van der Waals surface area contributed by atoms with Gasteiger partial charge in [-0.2, -0.15) is 0 Å². The summed E-state index contributed by atoms with van der Waals surface area (Å²) in [5.41, 5.74) is 0.846. The first-order valence-electron chi connectivity index (χ1n) is 6.58. The van der Waals surface area contributed by atoms with Gasteiger partial charge in [0, 0.05) is 18.3 Å². The highest BCUT2D eigenvalue weighted by Gasteiger charge is 2.35. The molecule has 0 radical (unpaired) electrons. The predicted molar refractivity (Wildman–Crippen MR) is 74.2 cm³/mol. The maximum Gasteiger partial charge on any atom is 0.151 e. The van der Waals surface area contributed by atoms with E-state index in [2.05, 4.69) is 5.32 Å². The molecule has 2 unspecified atom stereocenters. The lowest BCUT2D eigenvalue weighted by atomic mass is 10.1. The highest BCUT2D eigenvalue weighted by Crippen LogP contribution is 2.27. The summed E-state index contributed by atoms with van der Waals surface area (Å²) in [7, 11) is -3.02. The smallest absolute Gasteiger partial charge is 0.151 e. The summed E-state index contributed by atoms with van der Waals surface area (Å²) in [6, 6.07) is 6.33. The summed E-state index contributed by atoms with van der Waals surface area (Å²) < 4.78 is 36.6. The van der Waals surface area contributed by atoms with Crippen LogP contribution in [0.15, 0.2) is 24.3 Å². The number of hydrogen-bond donors (Lipinski definition) is 1. The maximum absolute atomic E-state index is 13.2. The van der Waals surface area contributed by atoms with Crippen LogP contribution in [0.1, 0.15) is 37.8 Å². The summed E-state index contributed by atoms with van der Waals surface area (Å²) in [5.74, 6) is -0.266. The Hall–Kier alpha value is -0.940.